The first kappa shape index (κ1) is 18.1. The fourth-order valence-corrected chi connectivity index (χ4v) is 4.08. The Morgan fingerprint density at radius 3 is 2.60 bits per heavy atom. The molecule has 0 N–H and O–H groups in total. The van der Waals surface area contributed by atoms with Gasteiger partial charge in [0.2, 0.25) is 5.91 Å². The van der Waals surface area contributed by atoms with Gasteiger partial charge in [-0.3, -0.25) is 14.5 Å². The van der Waals surface area contributed by atoms with Crippen LogP contribution < -0.4 is 4.74 Å². The molecule has 2 saturated heterocycles. The van der Waals surface area contributed by atoms with Gasteiger partial charge in [0.1, 0.15) is 12.3 Å². The molecule has 2 fully saturated rings. The van der Waals surface area contributed by atoms with E-state index in [-0.39, 0.29) is 17.7 Å². The van der Waals surface area contributed by atoms with E-state index in [9.17, 15) is 9.59 Å². The summed E-state index contributed by atoms with van der Waals surface area (Å²) in [5.74, 6) is 1.76. The summed E-state index contributed by atoms with van der Waals surface area (Å²) in [6.45, 7) is 6.91. The van der Waals surface area contributed by atoms with Gasteiger partial charge in [-0.1, -0.05) is 29.5 Å². The smallest absolute Gasteiger partial charge is 0.282 e. The van der Waals surface area contributed by atoms with E-state index in [0.29, 0.717) is 19.6 Å². The lowest BCUT2D eigenvalue weighted by Gasteiger charge is -2.35. The average molecular weight is 363 g/mol. The van der Waals surface area contributed by atoms with Gasteiger partial charge < -0.3 is 14.5 Å². The van der Waals surface area contributed by atoms with Crippen molar-refractivity contribution in [3.63, 3.8) is 0 Å². The molecule has 0 saturated carbocycles. The van der Waals surface area contributed by atoms with Crippen molar-refractivity contribution in [1.29, 1.82) is 0 Å². The number of nitrogens with zero attached hydrogens (tertiary/aromatic N) is 3. The second-order valence-electron chi connectivity index (χ2n) is 6.51. The minimum atomic E-state index is 0.0264. The predicted octanol–water partition coefficient (Wildman–Crippen LogP) is 1.82. The number of rotatable bonds is 5. The number of benzene rings is 1. The van der Waals surface area contributed by atoms with Crippen molar-refractivity contribution in [3.05, 3.63) is 29.3 Å². The van der Waals surface area contributed by atoms with Gasteiger partial charge in [-0.25, -0.2) is 0 Å². The summed E-state index contributed by atoms with van der Waals surface area (Å²) in [6, 6.07) is 6.22. The van der Waals surface area contributed by atoms with Crippen LogP contribution in [0.2, 0.25) is 0 Å². The van der Waals surface area contributed by atoms with Crippen LogP contribution in [0.1, 0.15) is 11.1 Å². The maximum atomic E-state index is 12.4. The standard InChI is InChI=1S/C18H25N3O3S/c1-14-3-4-16(24-2)15(11-14)12-19-5-7-20(8-6-19)17(22)13-21-9-10-25-18(21)23/h3-4,11H,5-10,12-13H2,1-2H3. The molecule has 136 valence electrons. The van der Waals surface area contributed by atoms with Crippen LogP contribution in [0.5, 0.6) is 5.75 Å². The van der Waals surface area contributed by atoms with Crippen LogP contribution in [0.15, 0.2) is 18.2 Å². The quantitative estimate of drug-likeness (QED) is 0.799. The number of aryl methyl sites for hydroxylation is 1. The van der Waals surface area contributed by atoms with Gasteiger partial charge in [-0.2, -0.15) is 0 Å². The molecule has 2 heterocycles. The van der Waals surface area contributed by atoms with Crippen molar-refractivity contribution in [1.82, 2.24) is 14.7 Å². The Hall–Kier alpha value is -1.73. The first-order valence-corrected chi connectivity index (χ1v) is 9.60. The molecule has 0 aromatic heterocycles. The molecule has 1 aromatic carbocycles. The Morgan fingerprint density at radius 1 is 1.20 bits per heavy atom. The Kier molecular flexibility index (Phi) is 5.86. The highest BCUT2D eigenvalue weighted by molar-refractivity contribution is 8.13. The fraction of sp³-hybridized carbons (Fsp3) is 0.556. The molecule has 3 rings (SSSR count). The summed E-state index contributed by atoms with van der Waals surface area (Å²) >= 11 is 1.30. The number of methoxy groups -OCH3 is 1. The maximum absolute atomic E-state index is 12.4. The third-order valence-corrected chi connectivity index (χ3v) is 5.62. The van der Waals surface area contributed by atoms with Gasteiger partial charge in [0.25, 0.3) is 5.24 Å². The van der Waals surface area contributed by atoms with Gasteiger partial charge in [0, 0.05) is 50.6 Å². The highest BCUT2D eigenvalue weighted by atomic mass is 32.2. The number of hydrogen-bond acceptors (Lipinski definition) is 5. The molecule has 0 unspecified atom stereocenters. The summed E-state index contributed by atoms with van der Waals surface area (Å²) in [6.07, 6.45) is 0. The van der Waals surface area contributed by atoms with Gasteiger partial charge >= 0.3 is 0 Å². The maximum Gasteiger partial charge on any atom is 0.282 e. The van der Waals surface area contributed by atoms with Crippen molar-refractivity contribution in [3.8, 4) is 5.75 Å². The third-order valence-electron chi connectivity index (χ3n) is 4.73. The molecule has 7 heteroatoms. The topological polar surface area (TPSA) is 53.1 Å². The zero-order chi connectivity index (χ0) is 17.8. The van der Waals surface area contributed by atoms with E-state index in [0.717, 1.165) is 31.1 Å². The van der Waals surface area contributed by atoms with E-state index in [1.165, 1.54) is 22.9 Å². The van der Waals surface area contributed by atoms with Crippen LogP contribution in [-0.4, -0.2) is 78.0 Å². The Balaban J connectivity index is 1.51. The molecule has 0 atom stereocenters. The van der Waals surface area contributed by atoms with E-state index in [1.807, 2.05) is 11.0 Å². The summed E-state index contributed by atoms with van der Waals surface area (Å²) < 4.78 is 5.46. The lowest BCUT2D eigenvalue weighted by atomic mass is 10.1. The molecule has 0 aliphatic carbocycles. The zero-order valence-corrected chi connectivity index (χ0v) is 15.7. The van der Waals surface area contributed by atoms with Gasteiger partial charge in [-0.05, 0) is 13.0 Å². The Bertz CT molecular complexity index is 644. The van der Waals surface area contributed by atoms with Gasteiger partial charge in [-0.15, -0.1) is 0 Å². The van der Waals surface area contributed by atoms with E-state index in [2.05, 4.69) is 24.0 Å². The summed E-state index contributed by atoms with van der Waals surface area (Å²) in [5.41, 5.74) is 2.40. The van der Waals surface area contributed by atoms with E-state index >= 15 is 0 Å². The van der Waals surface area contributed by atoms with Crippen LogP contribution >= 0.6 is 11.8 Å². The lowest BCUT2D eigenvalue weighted by Crippen LogP contribution is -2.50. The van der Waals surface area contributed by atoms with E-state index in [1.54, 1.807) is 12.0 Å². The first-order valence-electron chi connectivity index (χ1n) is 8.62. The minimum absolute atomic E-state index is 0.0264. The summed E-state index contributed by atoms with van der Waals surface area (Å²) in [5, 5.41) is 0.0264. The fourth-order valence-electron chi connectivity index (χ4n) is 3.26. The second-order valence-corrected chi connectivity index (χ2v) is 7.55. The largest absolute Gasteiger partial charge is 0.496 e. The molecule has 2 amide bonds. The third kappa shape index (κ3) is 4.46. The highest BCUT2D eigenvalue weighted by Gasteiger charge is 2.27. The summed E-state index contributed by atoms with van der Waals surface area (Å²) in [4.78, 5) is 29.9. The molecule has 2 aliphatic heterocycles. The number of thioether (sulfide) groups is 1. The van der Waals surface area contributed by atoms with Crippen molar-refractivity contribution >= 4 is 22.9 Å². The Labute approximate surface area is 153 Å². The molecular weight excluding hydrogens is 338 g/mol. The van der Waals surface area contributed by atoms with Crippen LogP contribution in [0.3, 0.4) is 0 Å². The molecule has 6 nitrogen and oxygen atoms in total. The Morgan fingerprint density at radius 2 is 1.96 bits per heavy atom. The highest BCUT2D eigenvalue weighted by Crippen LogP contribution is 2.22. The number of carbonyl (C=O) groups is 2. The van der Waals surface area contributed by atoms with Crippen molar-refractivity contribution in [2.24, 2.45) is 0 Å². The number of carbonyl (C=O) groups excluding carboxylic acids is 2. The van der Waals surface area contributed by atoms with E-state index in [4.69, 9.17) is 4.74 Å². The van der Waals surface area contributed by atoms with Crippen molar-refractivity contribution < 1.29 is 14.3 Å². The number of amides is 2. The number of hydrogen-bond donors (Lipinski definition) is 0. The minimum Gasteiger partial charge on any atom is -0.496 e. The summed E-state index contributed by atoms with van der Waals surface area (Å²) in [7, 11) is 1.70. The van der Waals surface area contributed by atoms with Crippen LogP contribution in [0.25, 0.3) is 0 Å². The molecule has 0 bridgehead atoms. The van der Waals surface area contributed by atoms with Crippen molar-refractivity contribution in [2.45, 2.75) is 13.5 Å². The second kappa shape index (κ2) is 8.10. The SMILES string of the molecule is COc1ccc(C)cc1CN1CCN(C(=O)CN2CCSC2=O)CC1. The van der Waals surface area contributed by atoms with Crippen molar-refractivity contribution in [2.75, 3.05) is 52.1 Å². The lowest BCUT2D eigenvalue weighted by molar-refractivity contribution is -0.133. The molecule has 2 aliphatic rings. The van der Waals surface area contributed by atoms with Gasteiger partial charge in [0.15, 0.2) is 0 Å². The molecule has 25 heavy (non-hydrogen) atoms. The molecular formula is C18H25N3O3S. The zero-order valence-electron chi connectivity index (χ0n) is 14.9. The normalized spacial score (nSPS) is 18.7. The molecule has 0 spiro atoms. The van der Waals surface area contributed by atoms with Crippen LogP contribution in [-0.2, 0) is 11.3 Å². The molecule has 0 radical (unpaired) electrons. The molecule has 1 aromatic rings. The average Bonchev–Trinajstić information content (AvgIpc) is 3.00. The van der Waals surface area contributed by atoms with Crippen LogP contribution in [0, 0.1) is 6.92 Å². The van der Waals surface area contributed by atoms with E-state index < -0.39 is 0 Å². The number of piperazine rings is 1. The predicted molar refractivity (Wildman–Crippen MR) is 99.0 cm³/mol. The van der Waals surface area contributed by atoms with Gasteiger partial charge in [0.05, 0.1) is 7.11 Å². The number of ether oxygens (including phenoxy) is 1. The monoisotopic (exact) mass is 363 g/mol. The first-order chi connectivity index (χ1) is 12.1. The van der Waals surface area contributed by atoms with Crippen LogP contribution in [0.4, 0.5) is 4.79 Å².